The van der Waals surface area contributed by atoms with Crippen molar-refractivity contribution >= 4 is 45.0 Å². The van der Waals surface area contributed by atoms with Gasteiger partial charge in [0.1, 0.15) is 17.9 Å². The Hall–Kier alpha value is -4.74. The number of nitrogens with zero attached hydrogens (tertiary/aromatic N) is 6. The third kappa shape index (κ3) is 5.17. The van der Waals surface area contributed by atoms with Gasteiger partial charge in [-0.2, -0.15) is 0 Å². The minimum atomic E-state index is -0.873. The smallest absolute Gasteiger partial charge is 0.274 e. The predicted octanol–water partition coefficient (Wildman–Crippen LogP) is 6.50. The molecule has 4 rings (SSSR count). The number of rotatable bonds is 8. The van der Waals surface area contributed by atoms with E-state index in [0.717, 1.165) is 0 Å². The maximum atomic E-state index is 12.4. The normalized spacial score (nSPS) is 12.1. The summed E-state index contributed by atoms with van der Waals surface area (Å²) < 4.78 is 13.8. The number of hydrogen-bond donors (Lipinski definition) is 2. The van der Waals surface area contributed by atoms with Crippen molar-refractivity contribution in [3.8, 4) is 23.3 Å². The van der Waals surface area contributed by atoms with E-state index in [2.05, 4.69) is 20.5 Å². The van der Waals surface area contributed by atoms with Gasteiger partial charge in [-0.25, -0.2) is 0 Å². The average molecular weight is 535 g/mol. The maximum Gasteiger partial charge on any atom is 0.274 e. The molecule has 0 unspecified atom stereocenters. The first-order valence-corrected chi connectivity index (χ1v) is 12.3. The third-order valence-electron chi connectivity index (χ3n) is 6.18. The molecule has 12 nitrogen and oxygen atoms in total. The number of hydrogen-bond acceptors (Lipinski definition) is 8. The lowest BCUT2D eigenvalue weighted by Crippen LogP contribution is -2.01. The van der Waals surface area contributed by atoms with Crippen molar-refractivity contribution in [3.05, 3.63) is 36.4 Å². The van der Waals surface area contributed by atoms with Crippen molar-refractivity contribution in [2.45, 2.75) is 46.2 Å². The van der Waals surface area contributed by atoms with Crippen LogP contribution in [0.1, 0.15) is 46.2 Å². The predicted molar refractivity (Wildman–Crippen MR) is 145 cm³/mol. The van der Waals surface area contributed by atoms with Crippen LogP contribution in [0, 0.1) is 0 Å². The van der Waals surface area contributed by atoms with Crippen molar-refractivity contribution < 1.29 is 29.3 Å². The summed E-state index contributed by atoms with van der Waals surface area (Å²) >= 11 is 0. The minimum Gasteiger partial charge on any atom is -0.497 e. The Bertz CT molecular complexity index is 1510. The van der Waals surface area contributed by atoms with Crippen LogP contribution in [0.3, 0.4) is 0 Å². The maximum absolute atomic E-state index is 12.4. The zero-order valence-electron chi connectivity index (χ0n) is 22.5. The van der Waals surface area contributed by atoms with Gasteiger partial charge in [-0.3, -0.25) is 9.59 Å². The Kier molecular flexibility index (Phi) is 7.65. The zero-order valence-corrected chi connectivity index (χ0v) is 22.5. The van der Waals surface area contributed by atoms with E-state index in [1.165, 1.54) is 14.2 Å². The van der Waals surface area contributed by atoms with Crippen LogP contribution in [0.2, 0.25) is 0 Å². The van der Waals surface area contributed by atoms with Gasteiger partial charge < -0.3 is 28.8 Å². The summed E-state index contributed by atoms with van der Waals surface area (Å²) in [6.45, 7) is 7.58. The van der Waals surface area contributed by atoms with Gasteiger partial charge in [0, 0.05) is 22.9 Å². The van der Waals surface area contributed by atoms with Crippen LogP contribution < -0.4 is 9.47 Å². The molecule has 0 atom stereocenters. The molecule has 0 bridgehead atoms. The monoisotopic (exact) mass is 534 g/mol. The number of aromatic hydroxyl groups is 2. The van der Waals surface area contributed by atoms with Crippen molar-refractivity contribution in [1.29, 1.82) is 0 Å². The van der Waals surface area contributed by atoms with Gasteiger partial charge in [0.25, 0.3) is 11.8 Å². The first-order valence-electron chi connectivity index (χ1n) is 12.3. The number of ether oxygens (including phenoxy) is 2. The second kappa shape index (κ2) is 10.9. The van der Waals surface area contributed by atoms with Crippen molar-refractivity contribution in [3.63, 3.8) is 0 Å². The third-order valence-corrected chi connectivity index (χ3v) is 6.18. The number of amides is 2. The van der Waals surface area contributed by atoms with Crippen LogP contribution in [-0.4, -0.2) is 45.4 Å². The highest BCUT2D eigenvalue weighted by molar-refractivity contribution is 6.00. The van der Waals surface area contributed by atoms with Gasteiger partial charge in [-0.05, 0) is 64.1 Å². The molecular weight excluding hydrogens is 504 g/mol. The van der Waals surface area contributed by atoms with Crippen LogP contribution in [0.15, 0.2) is 56.9 Å². The van der Waals surface area contributed by atoms with Crippen molar-refractivity contribution in [2.75, 3.05) is 14.2 Å². The van der Waals surface area contributed by atoms with Crippen LogP contribution >= 0.6 is 0 Å². The number of azo groups is 2. The van der Waals surface area contributed by atoms with Crippen LogP contribution in [0.5, 0.6) is 23.3 Å². The molecule has 0 spiro atoms. The zero-order chi connectivity index (χ0) is 28.4. The van der Waals surface area contributed by atoms with E-state index in [9.17, 15) is 19.8 Å². The van der Waals surface area contributed by atoms with E-state index < -0.39 is 18.2 Å². The van der Waals surface area contributed by atoms with E-state index >= 15 is 0 Å². The molecule has 39 heavy (non-hydrogen) atoms. The highest BCUT2D eigenvalue weighted by Gasteiger charge is 2.21. The molecule has 2 N–H and O–H groups in total. The Morgan fingerprint density at radius 2 is 1.13 bits per heavy atom. The molecule has 0 aliphatic carbocycles. The summed E-state index contributed by atoms with van der Waals surface area (Å²) in [5, 5.41) is 37.8. The molecule has 12 heteroatoms. The lowest BCUT2D eigenvalue weighted by Gasteiger charge is -2.10. The van der Waals surface area contributed by atoms with Crippen LogP contribution in [0.25, 0.3) is 21.8 Å². The first kappa shape index (κ1) is 27.3. The molecule has 0 saturated carbocycles. The Morgan fingerprint density at radius 3 is 1.46 bits per heavy atom. The van der Waals surface area contributed by atoms with Gasteiger partial charge >= 0.3 is 0 Å². The molecule has 0 radical (unpaired) electrons. The quantitative estimate of drug-likeness (QED) is 0.194. The molecular formula is C27H30N6O6. The van der Waals surface area contributed by atoms with E-state index in [0.29, 0.717) is 33.3 Å². The van der Waals surface area contributed by atoms with Gasteiger partial charge in [-0.1, -0.05) is 0 Å². The van der Waals surface area contributed by atoms with Gasteiger partial charge in [0.2, 0.25) is 11.8 Å². The molecule has 0 aliphatic heterocycles. The lowest BCUT2D eigenvalue weighted by atomic mass is 10.2. The molecule has 4 aromatic rings. The van der Waals surface area contributed by atoms with E-state index in [1.54, 1.807) is 45.5 Å². The summed E-state index contributed by atoms with van der Waals surface area (Å²) in [7, 11) is 3.03. The molecule has 2 amide bonds. The fourth-order valence-electron chi connectivity index (χ4n) is 4.44. The van der Waals surface area contributed by atoms with Gasteiger partial charge in [0.05, 0.1) is 25.3 Å². The Morgan fingerprint density at radius 1 is 0.744 bits per heavy atom. The SMILES string of the molecule is COc1ccc2c(c1)c(N=NC(=O)CC(=O)N=Nc1c(O)n(C(C)C)c3ccc(OC)cc13)c(O)n2C(C)C. The summed E-state index contributed by atoms with van der Waals surface area (Å²) in [6, 6.07) is 10.2. The summed E-state index contributed by atoms with van der Waals surface area (Å²) in [5.41, 5.74) is 1.54. The second-order valence-electron chi connectivity index (χ2n) is 9.40. The van der Waals surface area contributed by atoms with E-state index in [4.69, 9.17) is 9.47 Å². The number of carbonyl (C=O) groups is 2. The standard InChI is InChI=1S/C27H30N6O6/c1-14(2)32-20-9-7-16(38-5)11-18(20)24(26(32)36)30-28-22(34)13-23(35)29-31-25-19-12-17(39-6)8-10-21(19)33(15(3)4)27(25)37/h7-12,14-15,36-37H,13H2,1-6H3. The highest BCUT2D eigenvalue weighted by Crippen LogP contribution is 2.43. The molecule has 2 heterocycles. The Balaban J connectivity index is 1.58. The van der Waals surface area contributed by atoms with Crippen LogP contribution in [-0.2, 0) is 9.59 Å². The molecule has 0 fully saturated rings. The lowest BCUT2D eigenvalue weighted by molar-refractivity contribution is -0.126. The molecule has 0 aliphatic rings. The number of methoxy groups -OCH3 is 2. The summed E-state index contributed by atoms with van der Waals surface area (Å²) in [6.07, 6.45) is -0.702. The molecule has 2 aromatic heterocycles. The van der Waals surface area contributed by atoms with Crippen LogP contribution in [0.4, 0.5) is 11.4 Å². The molecule has 2 aromatic carbocycles. The summed E-state index contributed by atoms with van der Waals surface area (Å²) in [4.78, 5) is 24.9. The van der Waals surface area contributed by atoms with E-state index in [1.807, 2.05) is 27.7 Å². The minimum absolute atomic E-state index is 0.0837. The van der Waals surface area contributed by atoms with Gasteiger partial charge in [0.15, 0.2) is 11.4 Å². The van der Waals surface area contributed by atoms with Crippen molar-refractivity contribution in [2.24, 2.45) is 20.5 Å². The van der Waals surface area contributed by atoms with Crippen molar-refractivity contribution in [1.82, 2.24) is 9.13 Å². The van der Waals surface area contributed by atoms with E-state index in [-0.39, 0.29) is 35.2 Å². The molecule has 0 saturated heterocycles. The summed E-state index contributed by atoms with van der Waals surface area (Å²) in [5.74, 6) is -0.987. The fraction of sp³-hybridized carbons (Fsp3) is 0.333. The van der Waals surface area contributed by atoms with Gasteiger partial charge in [-0.15, -0.1) is 20.5 Å². The fourth-order valence-corrected chi connectivity index (χ4v) is 4.44. The number of carbonyl (C=O) groups excluding carboxylic acids is 2. The topological polar surface area (TPSA) is 152 Å². The average Bonchev–Trinajstić information content (AvgIpc) is 3.34. The second-order valence-corrected chi connectivity index (χ2v) is 9.40. The first-order chi connectivity index (χ1) is 18.6. The Labute approximate surface area is 224 Å². The largest absolute Gasteiger partial charge is 0.497 e. The number of fused-ring (bicyclic) bond motifs is 2. The molecule has 204 valence electrons. The number of aromatic nitrogens is 2. The highest BCUT2D eigenvalue weighted by atomic mass is 16.5. The number of benzene rings is 2.